The summed E-state index contributed by atoms with van der Waals surface area (Å²) in [4.78, 5) is 30.8. The maximum absolute atomic E-state index is 4.17. The van der Waals surface area contributed by atoms with Gasteiger partial charge in [-0.05, 0) is 112 Å². The first-order chi connectivity index (χ1) is 23.4. The third-order valence-corrected chi connectivity index (χ3v) is 5.59. The van der Waals surface area contributed by atoms with Gasteiger partial charge in [0.05, 0.1) is 0 Å². The average Bonchev–Trinajstić information content (AvgIpc) is 3.48. The van der Waals surface area contributed by atoms with Gasteiger partial charge in [-0.25, -0.2) is 29.9 Å². The number of aromatic nitrogens is 7. The normalized spacial score (nSPS) is 8.00. The van der Waals surface area contributed by atoms with Gasteiger partial charge >= 0.3 is 0 Å². The molecule has 0 aliphatic carbocycles. The summed E-state index contributed by atoms with van der Waals surface area (Å²) < 4.78 is 0. The van der Waals surface area contributed by atoms with E-state index in [2.05, 4.69) is 60.9 Å². The van der Waals surface area contributed by atoms with Crippen LogP contribution in [0.4, 0.5) is 0 Å². The summed E-state index contributed by atoms with van der Waals surface area (Å²) in [6, 6.07) is 16.0. The number of aryl methyl sites for hydroxylation is 10. The van der Waals surface area contributed by atoms with Crippen LogP contribution in [0, 0.1) is 69.2 Å². The molecule has 49 heavy (non-hydrogen) atoms. The van der Waals surface area contributed by atoms with Crippen molar-refractivity contribution in [2.75, 3.05) is 0 Å². The monoisotopic (exact) mass is 694 g/mol. The van der Waals surface area contributed by atoms with Crippen LogP contribution < -0.4 is 0 Å². The molecule has 0 aliphatic rings. The maximum Gasteiger partial charge on any atom is 0.125 e. The van der Waals surface area contributed by atoms with Crippen LogP contribution in [0.3, 0.4) is 0 Å². The van der Waals surface area contributed by atoms with E-state index in [0.717, 1.165) is 45.8 Å². The van der Waals surface area contributed by atoms with Crippen molar-refractivity contribution in [1.29, 1.82) is 0 Å². The molecule has 8 heteroatoms. The van der Waals surface area contributed by atoms with Gasteiger partial charge in [-0.1, -0.05) is 75.3 Å². The summed E-state index contributed by atoms with van der Waals surface area (Å²) in [5.74, 6) is 1.68. The number of nitrogens with zero attached hydrogens (tertiary/aromatic N) is 7. The Labute approximate surface area is 306 Å². The zero-order chi connectivity index (χ0) is 39.2. The molecule has 5 rings (SSSR count). The van der Waals surface area contributed by atoms with Gasteiger partial charge in [-0.3, -0.25) is 4.98 Å². The summed E-state index contributed by atoms with van der Waals surface area (Å²) in [5, 5.41) is 0. The van der Waals surface area contributed by atoms with E-state index in [1.807, 2.05) is 172 Å². The summed E-state index contributed by atoms with van der Waals surface area (Å²) in [7, 11) is 0. The molecule has 7 nitrogen and oxygen atoms in total. The molecule has 0 unspecified atom stereocenters. The molecular weight excluding hydrogens is 623 g/mol. The van der Waals surface area contributed by atoms with Crippen molar-refractivity contribution >= 4 is 11.3 Å². The first-order valence-corrected chi connectivity index (χ1v) is 18.5. The van der Waals surface area contributed by atoms with E-state index in [4.69, 9.17) is 0 Å². The quantitative estimate of drug-likeness (QED) is 0.159. The lowest BCUT2D eigenvalue weighted by atomic mass is 10.3. The molecule has 0 aromatic carbocycles. The molecule has 5 aromatic heterocycles. The number of thiophene rings is 1. The maximum atomic E-state index is 4.17. The molecule has 0 saturated carbocycles. The van der Waals surface area contributed by atoms with Gasteiger partial charge in [0.25, 0.3) is 0 Å². The van der Waals surface area contributed by atoms with E-state index in [0.29, 0.717) is 0 Å². The van der Waals surface area contributed by atoms with Gasteiger partial charge in [0.15, 0.2) is 0 Å². The van der Waals surface area contributed by atoms with Crippen LogP contribution in [-0.4, -0.2) is 34.9 Å². The zero-order valence-electron chi connectivity index (χ0n) is 34.9. The van der Waals surface area contributed by atoms with Crippen molar-refractivity contribution in [1.82, 2.24) is 34.9 Å². The van der Waals surface area contributed by atoms with Gasteiger partial charge in [-0.2, -0.15) is 0 Å². The minimum absolute atomic E-state index is 0.838. The summed E-state index contributed by atoms with van der Waals surface area (Å²) in [5.41, 5.74) is 6.28. The molecular formula is C41H71N7S. The second kappa shape index (κ2) is 40.3. The summed E-state index contributed by atoms with van der Waals surface area (Å²) >= 11 is 1.84. The van der Waals surface area contributed by atoms with Gasteiger partial charge in [0.1, 0.15) is 18.0 Å². The second-order valence-corrected chi connectivity index (χ2v) is 10.4. The fourth-order valence-corrected chi connectivity index (χ4v) is 3.75. The molecule has 0 N–H and O–H groups in total. The van der Waals surface area contributed by atoms with Crippen LogP contribution in [-0.2, 0) is 0 Å². The van der Waals surface area contributed by atoms with Crippen LogP contribution in [0.25, 0.3) is 0 Å². The van der Waals surface area contributed by atoms with Crippen molar-refractivity contribution in [2.45, 2.75) is 138 Å². The molecule has 5 aromatic rings. The largest absolute Gasteiger partial charge is 0.258 e. The predicted octanol–water partition coefficient (Wildman–Crippen LogP) is 12.5. The lowest BCUT2D eigenvalue weighted by molar-refractivity contribution is 1.01. The highest BCUT2D eigenvalue weighted by Crippen LogP contribution is 2.12. The minimum Gasteiger partial charge on any atom is -0.258 e. The van der Waals surface area contributed by atoms with Crippen molar-refractivity contribution in [3.05, 3.63) is 123 Å². The van der Waals surface area contributed by atoms with Gasteiger partial charge < -0.3 is 0 Å². The van der Waals surface area contributed by atoms with Crippen LogP contribution >= 0.6 is 11.3 Å². The predicted molar refractivity (Wildman–Crippen MR) is 219 cm³/mol. The molecule has 0 amide bonds. The summed E-state index contributed by atoms with van der Waals surface area (Å²) in [6.07, 6.45) is 5.10. The Morgan fingerprint density at radius 2 is 0.694 bits per heavy atom. The molecule has 0 spiro atoms. The Kier molecular flexibility index (Phi) is 44.8. The number of rotatable bonds is 0. The Morgan fingerprint density at radius 1 is 0.367 bits per heavy atom. The molecule has 0 bridgehead atoms. The fourth-order valence-electron chi connectivity index (χ4n) is 2.97. The van der Waals surface area contributed by atoms with Crippen LogP contribution in [0.1, 0.15) is 125 Å². The van der Waals surface area contributed by atoms with Crippen LogP contribution in [0.5, 0.6) is 0 Å². The van der Waals surface area contributed by atoms with Crippen LogP contribution in [0.2, 0.25) is 0 Å². The number of pyridine rings is 1. The molecule has 0 radical (unpaired) electrons. The van der Waals surface area contributed by atoms with Crippen molar-refractivity contribution in [2.24, 2.45) is 0 Å². The average molecular weight is 694 g/mol. The molecule has 0 saturated heterocycles. The van der Waals surface area contributed by atoms with E-state index in [-0.39, 0.29) is 0 Å². The Hall–Kier alpha value is -3.91. The van der Waals surface area contributed by atoms with Crippen molar-refractivity contribution in [3.8, 4) is 0 Å². The van der Waals surface area contributed by atoms with E-state index < -0.39 is 0 Å². The van der Waals surface area contributed by atoms with Gasteiger partial charge in [0.2, 0.25) is 0 Å². The van der Waals surface area contributed by atoms with Gasteiger partial charge in [0, 0.05) is 56.3 Å². The minimum atomic E-state index is 0.838. The lowest BCUT2D eigenvalue weighted by Crippen LogP contribution is -1.86. The number of hydrogen-bond donors (Lipinski definition) is 0. The smallest absolute Gasteiger partial charge is 0.125 e. The highest BCUT2D eigenvalue weighted by Gasteiger charge is 1.86. The lowest BCUT2D eigenvalue weighted by Gasteiger charge is -1.90. The molecule has 0 fully saturated rings. The Bertz CT molecular complexity index is 1130. The number of hydrogen-bond acceptors (Lipinski definition) is 8. The first-order valence-electron chi connectivity index (χ1n) is 17.7. The highest BCUT2D eigenvalue weighted by atomic mass is 32.1. The topological polar surface area (TPSA) is 90.2 Å². The van der Waals surface area contributed by atoms with E-state index >= 15 is 0 Å². The standard InChI is InChI=1S/C7H9N.3C6H8N2.C6H8S.5C2H6/c1-6-4-3-5-7(2)8-6;1-5-3-6(2)8-4-7-5;2*1-5-3-4-7-6(2)8-5;1-5-3-4-6(2)7-5;5*1-2/h3-5H,1-2H3;3*3-4H,1-2H3;3-4H,1-2H3;5*1-2H3. The first kappa shape index (κ1) is 54.5. The van der Waals surface area contributed by atoms with Gasteiger partial charge in [-0.15, -0.1) is 11.3 Å². The molecule has 0 atom stereocenters. The third-order valence-electron chi connectivity index (χ3n) is 4.67. The molecule has 276 valence electrons. The van der Waals surface area contributed by atoms with E-state index in [1.54, 1.807) is 18.7 Å². The Morgan fingerprint density at radius 3 is 0.857 bits per heavy atom. The zero-order valence-corrected chi connectivity index (χ0v) is 35.7. The SMILES string of the molecule is CC.CC.CC.CC.CC.Cc1cc(C)ncn1.Cc1ccc(C)s1.Cc1cccc(C)n1.Cc1ccnc(C)n1.Cc1ccnc(C)n1. The third kappa shape index (κ3) is 38.4. The Balaban J connectivity index is -0.000000155. The van der Waals surface area contributed by atoms with Crippen molar-refractivity contribution < 1.29 is 0 Å². The van der Waals surface area contributed by atoms with Crippen LogP contribution in [0.15, 0.2) is 67.3 Å². The highest BCUT2D eigenvalue weighted by molar-refractivity contribution is 7.11. The fraction of sp³-hybridized carbons (Fsp3) is 0.488. The van der Waals surface area contributed by atoms with E-state index in [9.17, 15) is 0 Å². The second-order valence-electron chi connectivity index (χ2n) is 8.87. The molecule has 0 aliphatic heterocycles. The molecule has 5 heterocycles. The van der Waals surface area contributed by atoms with E-state index in [1.165, 1.54) is 9.75 Å². The summed E-state index contributed by atoms with van der Waals surface area (Å²) in [6.45, 7) is 39.8. The van der Waals surface area contributed by atoms with Crippen molar-refractivity contribution in [3.63, 3.8) is 0 Å².